The van der Waals surface area contributed by atoms with Gasteiger partial charge in [0.25, 0.3) is 5.56 Å². The molecule has 1 fully saturated rings. The van der Waals surface area contributed by atoms with Gasteiger partial charge in [-0.1, -0.05) is 18.2 Å². The molecular formula is C21H28N3O10P. The lowest BCUT2D eigenvalue weighted by Gasteiger charge is -2.27. The van der Waals surface area contributed by atoms with Gasteiger partial charge < -0.3 is 24.2 Å². The first-order valence-electron chi connectivity index (χ1n) is 11.6. The van der Waals surface area contributed by atoms with Gasteiger partial charge in [-0.05, 0) is 32.9 Å². The first kappa shape index (κ1) is 23.9. The van der Waals surface area contributed by atoms with E-state index in [2.05, 4.69) is 5.09 Å². The van der Waals surface area contributed by atoms with Crippen molar-refractivity contribution in [2.75, 3.05) is 13.2 Å². The van der Waals surface area contributed by atoms with Gasteiger partial charge in [0.2, 0.25) is 0 Å². The van der Waals surface area contributed by atoms with Crippen LogP contribution < -0.4 is 20.9 Å². The molecule has 2 aromatic rings. The van der Waals surface area contributed by atoms with Crippen LogP contribution in [0.15, 0.2) is 52.1 Å². The Labute approximate surface area is 203 Å². The molecule has 2 unspecified atom stereocenters. The standard InChI is InChI=1S/C21H28N3O10P/c1-4-31-18(27)13(2)23-35(30,34-14-8-6-5-7-9-14)32-12-15-17(26)21(3,29)19(33-15)24-11-10-16(25)22-20(24)28/h5-11,13,15,17,19,26,29H,4,12H2,1-3H3,(H,23,30)(H,22,25,28)/t13?,15-,17-,19-,21-,35?/m1/s1/i10D,11D. The highest BCUT2D eigenvalue weighted by Gasteiger charge is 2.54. The van der Waals surface area contributed by atoms with Crippen molar-refractivity contribution in [3.05, 3.63) is 63.4 Å². The van der Waals surface area contributed by atoms with E-state index in [0.29, 0.717) is 4.57 Å². The summed E-state index contributed by atoms with van der Waals surface area (Å²) in [5, 5.41) is 24.0. The molecule has 1 aliphatic rings. The van der Waals surface area contributed by atoms with E-state index in [9.17, 15) is 29.2 Å². The summed E-state index contributed by atoms with van der Waals surface area (Å²) in [5.41, 5.74) is -4.45. The number of hydrogen-bond acceptors (Lipinski definition) is 10. The Morgan fingerprint density at radius 2 is 2.09 bits per heavy atom. The molecule has 0 saturated carbocycles. The molecule has 2 heterocycles. The van der Waals surface area contributed by atoms with Crippen molar-refractivity contribution in [3.63, 3.8) is 0 Å². The molecule has 1 saturated heterocycles. The number of carbonyl (C=O) groups is 1. The smallest absolute Gasteiger partial charge is 0.459 e. The van der Waals surface area contributed by atoms with Crippen LogP contribution in [0.1, 0.15) is 29.7 Å². The Bertz CT molecular complexity index is 1290. The summed E-state index contributed by atoms with van der Waals surface area (Å²) in [6, 6.07) is 5.92. The molecule has 1 aromatic carbocycles. The molecule has 0 radical (unpaired) electrons. The molecule has 0 spiro atoms. The van der Waals surface area contributed by atoms with E-state index in [0.717, 1.165) is 6.92 Å². The number of carbonyl (C=O) groups excluding carboxylic acids is 1. The fraction of sp³-hybridized carbons (Fsp3) is 0.476. The normalized spacial score (nSPS) is 27.4. The number of nitrogens with one attached hydrogen (secondary N) is 2. The topological polar surface area (TPSA) is 178 Å². The highest BCUT2D eigenvalue weighted by atomic mass is 31.2. The fourth-order valence-corrected chi connectivity index (χ4v) is 4.81. The molecule has 6 atom stereocenters. The van der Waals surface area contributed by atoms with E-state index in [4.69, 9.17) is 21.3 Å². The van der Waals surface area contributed by atoms with Crippen molar-refractivity contribution < 1.29 is 40.8 Å². The van der Waals surface area contributed by atoms with E-state index in [1.54, 1.807) is 25.1 Å². The van der Waals surface area contributed by atoms with Crippen molar-refractivity contribution in [2.24, 2.45) is 0 Å². The largest absolute Gasteiger partial charge is 0.465 e. The van der Waals surface area contributed by atoms with Gasteiger partial charge in [0.15, 0.2) is 6.23 Å². The number of benzene rings is 1. The summed E-state index contributed by atoms with van der Waals surface area (Å²) in [6.45, 7) is 3.50. The highest BCUT2D eigenvalue weighted by molar-refractivity contribution is 7.52. The van der Waals surface area contributed by atoms with Gasteiger partial charge in [0, 0.05) is 12.2 Å². The van der Waals surface area contributed by atoms with Crippen molar-refractivity contribution in [3.8, 4) is 5.75 Å². The molecule has 192 valence electrons. The average molecular weight is 515 g/mol. The molecular weight excluding hydrogens is 485 g/mol. The van der Waals surface area contributed by atoms with Crippen LogP contribution in [0.25, 0.3) is 0 Å². The number of aliphatic hydroxyl groups is 2. The quantitative estimate of drug-likeness (QED) is 0.252. The second kappa shape index (κ2) is 10.9. The molecule has 13 nitrogen and oxygen atoms in total. The van der Waals surface area contributed by atoms with Crippen molar-refractivity contribution >= 4 is 13.7 Å². The number of para-hydroxylation sites is 1. The summed E-state index contributed by atoms with van der Waals surface area (Å²) in [5.74, 6) is -0.594. The van der Waals surface area contributed by atoms with Crippen LogP contribution in [0, 0.1) is 0 Å². The summed E-state index contributed by atoms with van der Waals surface area (Å²) < 4.78 is 51.1. The second-order valence-corrected chi connectivity index (χ2v) is 9.56. The molecule has 35 heavy (non-hydrogen) atoms. The SMILES string of the molecule is [2H]c1c([2H])n([C@@H]2O[C@H](COP(=O)(NC(C)C(=O)OCC)Oc3ccccc3)[C@@H](O)[C@@]2(C)O)c(=O)[nH]c1=O. The zero-order valence-electron chi connectivity index (χ0n) is 21.2. The number of hydrogen-bond donors (Lipinski definition) is 4. The van der Waals surface area contributed by atoms with E-state index >= 15 is 0 Å². The fourth-order valence-electron chi connectivity index (χ4n) is 3.31. The van der Waals surface area contributed by atoms with Gasteiger partial charge in [-0.2, -0.15) is 5.09 Å². The third kappa shape index (κ3) is 6.26. The van der Waals surface area contributed by atoms with Crippen LogP contribution >= 0.6 is 7.75 Å². The molecule has 0 aliphatic carbocycles. The zero-order chi connectivity index (χ0) is 27.5. The summed E-state index contributed by atoms with van der Waals surface area (Å²) >= 11 is 0. The number of nitrogens with zero attached hydrogens (tertiary/aromatic N) is 1. The maximum absolute atomic E-state index is 13.6. The van der Waals surface area contributed by atoms with E-state index < -0.39 is 73.9 Å². The first-order chi connectivity index (χ1) is 17.3. The Morgan fingerprint density at radius 3 is 2.74 bits per heavy atom. The van der Waals surface area contributed by atoms with Crippen LogP contribution in [0.4, 0.5) is 0 Å². The molecule has 0 bridgehead atoms. The predicted molar refractivity (Wildman–Crippen MR) is 122 cm³/mol. The Balaban J connectivity index is 1.85. The van der Waals surface area contributed by atoms with E-state index in [1.165, 1.54) is 19.1 Å². The lowest BCUT2D eigenvalue weighted by atomic mass is 9.96. The van der Waals surface area contributed by atoms with E-state index in [1.807, 2.05) is 4.98 Å². The van der Waals surface area contributed by atoms with Gasteiger partial charge in [-0.25, -0.2) is 9.36 Å². The molecule has 3 rings (SSSR count). The van der Waals surface area contributed by atoms with Gasteiger partial charge in [0.1, 0.15) is 29.6 Å². The van der Waals surface area contributed by atoms with Gasteiger partial charge in [0.05, 0.1) is 16.0 Å². The lowest BCUT2D eigenvalue weighted by molar-refractivity contribution is -0.144. The summed E-state index contributed by atoms with van der Waals surface area (Å²) in [6.07, 6.45) is -5.72. The van der Waals surface area contributed by atoms with Crippen LogP contribution in [0.3, 0.4) is 0 Å². The minimum absolute atomic E-state index is 0.0796. The highest BCUT2D eigenvalue weighted by Crippen LogP contribution is 2.46. The number of esters is 1. The number of aromatic nitrogens is 2. The number of H-pyrrole nitrogens is 1. The number of ether oxygens (including phenoxy) is 2. The third-order valence-corrected chi connectivity index (χ3v) is 6.73. The maximum Gasteiger partial charge on any atom is 0.459 e. The number of rotatable bonds is 10. The molecule has 1 aliphatic heterocycles. The molecule has 0 amide bonds. The van der Waals surface area contributed by atoms with Gasteiger partial charge >= 0.3 is 19.4 Å². The Hall–Kier alpha value is -2.80. The molecule has 14 heteroatoms. The van der Waals surface area contributed by atoms with Crippen molar-refractivity contribution in [1.29, 1.82) is 0 Å². The van der Waals surface area contributed by atoms with Crippen molar-refractivity contribution in [1.82, 2.24) is 14.6 Å². The van der Waals surface area contributed by atoms with Crippen LogP contribution in [-0.2, 0) is 23.4 Å². The summed E-state index contributed by atoms with van der Waals surface area (Å²) in [7, 11) is -4.33. The van der Waals surface area contributed by atoms with Crippen molar-refractivity contribution in [2.45, 2.75) is 50.8 Å². The minimum atomic E-state index is -4.33. The lowest BCUT2D eigenvalue weighted by Crippen LogP contribution is -2.47. The third-order valence-electron chi connectivity index (χ3n) is 5.09. The Kier molecular flexibility index (Phi) is 7.42. The second-order valence-electron chi connectivity index (χ2n) is 7.86. The number of aromatic amines is 1. The predicted octanol–water partition coefficient (Wildman–Crippen LogP) is 0.291. The monoisotopic (exact) mass is 515 g/mol. The number of aliphatic hydroxyl groups excluding tert-OH is 1. The molecule has 4 N–H and O–H groups in total. The Morgan fingerprint density at radius 1 is 1.40 bits per heavy atom. The maximum atomic E-state index is 13.6. The summed E-state index contributed by atoms with van der Waals surface area (Å²) in [4.78, 5) is 37.9. The zero-order valence-corrected chi connectivity index (χ0v) is 20.1. The molecule has 1 aromatic heterocycles. The first-order valence-corrected chi connectivity index (χ1v) is 12.2. The minimum Gasteiger partial charge on any atom is -0.465 e. The van der Waals surface area contributed by atoms with E-state index in [-0.39, 0.29) is 12.4 Å². The van der Waals surface area contributed by atoms with Gasteiger partial charge in [-0.15, -0.1) is 0 Å². The van der Waals surface area contributed by atoms with Crippen LogP contribution in [0.2, 0.25) is 0 Å². The van der Waals surface area contributed by atoms with Gasteiger partial charge in [-0.3, -0.25) is 23.7 Å². The van der Waals surface area contributed by atoms with Crippen LogP contribution in [0.5, 0.6) is 5.75 Å². The average Bonchev–Trinajstić information content (AvgIpc) is 3.05. The van der Waals surface area contributed by atoms with Crippen LogP contribution in [-0.4, -0.2) is 62.8 Å².